The summed E-state index contributed by atoms with van der Waals surface area (Å²) in [5, 5.41) is 7.24. The van der Waals surface area contributed by atoms with Crippen LogP contribution in [0, 0.1) is 0 Å². The summed E-state index contributed by atoms with van der Waals surface area (Å²) >= 11 is 6.99. The minimum absolute atomic E-state index is 0.228. The van der Waals surface area contributed by atoms with E-state index in [0.717, 1.165) is 66.4 Å². The number of aromatic nitrogens is 5. The summed E-state index contributed by atoms with van der Waals surface area (Å²) in [5.41, 5.74) is 15.5. The second kappa shape index (κ2) is 7.43. The number of carbonyl (C=O) groups excluding carboxylic acids is 1. The standard InChI is InChI=1S/C23H25ClN8O/c1-30-8-6-14(7-9-30)32-23-17(21(25)27-11-28-23)19(29-32)20-18(24)15-5-2-12(22(26)33)10-16(15)31(20)13-3-4-13/h2,5,10-11,13-14H,3-4,6-9H2,1H3,(H2,26,33)(H2,25,27,28). The molecule has 0 spiro atoms. The Morgan fingerprint density at radius 1 is 1.12 bits per heavy atom. The number of carbonyl (C=O) groups is 1. The number of anilines is 1. The summed E-state index contributed by atoms with van der Waals surface area (Å²) in [6.45, 7) is 2.00. The van der Waals surface area contributed by atoms with E-state index in [4.69, 9.17) is 28.2 Å². The van der Waals surface area contributed by atoms with Crippen molar-refractivity contribution in [2.75, 3.05) is 25.9 Å². The highest BCUT2D eigenvalue weighted by Gasteiger charge is 2.34. The summed E-state index contributed by atoms with van der Waals surface area (Å²) in [4.78, 5) is 23.0. The zero-order valence-corrected chi connectivity index (χ0v) is 19.1. The number of hydrogen-bond acceptors (Lipinski definition) is 6. The molecule has 1 aliphatic heterocycles. The van der Waals surface area contributed by atoms with Crippen molar-refractivity contribution in [2.45, 2.75) is 37.8 Å². The van der Waals surface area contributed by atoms with E-state index in [1.807, 2.05) is 16.8 Å². The number of primary amides is 1. The maximum absolute atomic E-state index is 11.9. The topological polar surface area (TPSA) is 121 Å². The third-order valence-electron chi connectivity index (χ3n) is 6.92. The van der Waals surface area contributed by atoms with Gasteiger partial charge < -0.3 is 20.9 Å². The van der Waals surface area contributed by atoms with Crippen LogP contribution >= 0.6 is 11.6 Å². The third-order valence-corrected chi connectivity index (χ3v) is 7.30. The maximum Gasteiger partial charge on any atom is 0.248 e. The van der Waals surface area contributed by atoms with E-state index in [0.29, 0.717) is 22.1 Å². The van der Waals surface area contributed by atoms with Crippen LogP contribution in [0.3, 0.4) is 0 Å². The van der Waals surface area contributed by atoms with Crippen LogP contribution in [-0.2, 0) is 0 Å². The van der Waals surface area contributed by atoms with Gasteiger partial charge in [-0.1, -0.05) is 17.7 Å². The molecule has 1 amide bonds. The van der Waals surface area contributed by atoms with Gasteiger partial charge in [0.05, 0.1) is 27.7 Å². The molecule has 0 bridgehead atoms. The fourth-order valence-electron chi connectivity index (χ4n) is 5.01. The molecule has 1 saturated carbocycles. The second-order valence-corrected chi connectivity index (χ2v) is 9.52. The number of piperidine rings is 1. The molecule has 2 fully saturated rings. The molecule has 0 radical (unpaired) electrons. The normalized spacial score (nSPS) is 17.9. The van der Waals surface area contributed by atoms with Crippen molar-refractivity contribution in [3.05, 3.63) is 35.1 Å². The molecule has 170 valence electrons. The van der Waals surface area contributed by atoms with E-state index in [1.165, 1.54) is 6.33 Å². The smallest absolute Gasteiger partial charge is 0.248 e. The van der Waals surface area contributed by atoms with Gasteiger partial charge in [0.2, 0.25) is 5.91 Å². The van der Waals surface area contributed by atoms with Gasteiger partial charge in [0, 0.05) is 17.0 Å². The average molecular weight is 465 g/mol. The van der Waals surface area contributed by atoms with Crippen LogP contribution in [0.1, 0.15) is 48.1 Å². The molecule has 3 aromatic heterocycles. The largest absolute Gasteiger partial charge is 0.383 e. The quantitative estimate of drug-likeness (QED) is 0.477. The number of amides is 1. The van der Waals surface area contributed by atoms with Gasteiger partial charge in [0.25, 0.3) is 0 Å². The van der Waals surface area contributed by atoms with Crippen LogP contribution < -0.4 is 11.5 Å². The minimum Gasteiger partial charge on any atom is -0.383 e. The molecule has 10 heteroatoms. The number of likely N-dealkylation sites (tertiary alicyclic amines) is 1. The molecule has 4 heterocycles. The van der Waals surface area contributed by atoms with E-state index in [2.05, 4.69) is 26.5 Å². The Balaban J connectivity index is 1.63. The fourth-order valence-corrected chi connectivity index (χ4v) is 5.35. The molecule has 33 heavy (non-hydrogen) atoms. The number of rotatable bonds is 4. The highest BCUT2D eigenvalue weighted by atomic mass is 35.5. The van der Waals surface area contributed by atoms with Gasteiger partial charge in [-0.25, -0.2) is 14.6 Å². The Kier molecular flexibility index (Phi) is 4.60. The molecule has 6 rings (SSSR count). The number of nitrogens with zero attached hydrogens (tertiary/aromatic N) is 6. The summed E-state index contributed by atoms with van der Waals surface area (Å²) < 4.78 is 4.20. The van der Waals surface area contributed by atoms with E-state index >= 15 is 0 Å². The van der Waals surface area contributed by atoms with Crippen molar-refractivity contribution in [1.82, 2.24) is 29.2 Å². The lowest BCUT2D eigenvalue weighted by Gasteiger charge is -2.29. The molecule has 4 N–H and O–H groups in total. The Hall–Kier alpha value is -3.17. The zero-order valence-electron chi connectivity index (χ0n) is 18.3. The molecule has 1 saturated heterocycles. The molecule has 1 aliphatic carbocycles. The van der Waals surface area contributed by atoms with Crippen LogP contribution in [0.5, 0.6) is 0 Å². The highest BCUT2D eigenvalue weighted by molar-refractivity contribution is 6.39. The first-order chi connectivity index (χ1) is 15.9. The lowest BCUT2D eigenvalue weighted by atomic mass is 10.1. The van der Waals surface area contributed by atoms with Gasteiger partial charge in [-0.15, -0.1) is 0 Å². The fraction of sp³-hybridized carbons (Fsp3) is 0.391. The number of benzene rings is 1. The van der Waals surface area contributed by atoms with Gasteiger partial charge in [0.1, 0.15) is 17.8 Å². The monoisotopic (exact) mass is 464 g/mol. The number of nitrogens with two attached hydrogens (primary N) is 2. The van der Waals surface area contributed by atoms with Crippen LogP contribution in [0.2, 0.25) is 5.02 Å². The summed E-state index contributed by atoms with van der Waals surface area (Å²) in [6, 6.07) is 5.90. The summed E-state index contributed by atoms with van der Waals surface area (Å²) in [5.74, 6) is -0.0802. The lowest BCUT2D eigenvalue weighted by molar-refractivity contribution is 0.100. The minimum atomic E-state index is -0.465. The second-order valence-electron chi connectivity index (χ2n) is 9.15. The van der Waals surface area contributed by atoms with Gasteiger partial charge in [-0.05, 0) is 58.0 Å². The van der Waals surface area contributed by atoms with Gasteiger partial charge >= 0.3 is 0 Å². The third kappa shape index (κ3) is 3.18. The van der Waals surface area contributed by atoms with E-state index in [1.54, 1.807) is 6.07 Å². The Labute approximate surface area is 195 Å². The molecule has 0 atom stereocenters. The van der Waals surface area contributed by atoms with Crippen LogP contribution in [0.4, 0.5) is 5.82 Å². The first-order valence-corrected chi connectivity index (χ1v) is 11.6. The Morgan fingerprint density at radius 3 is 2.58 bits per heavy atom. The summed E-state index contributed by atoms with van der Waals surface area (Å²) in [6.07, 6.45) is 5.53. The Morgan fingerprint density at radius 2 is 1.88 bits per heavy atom. The van der Waals surface area contributed by atoms with Crippen molar-refractivity contribution in [1.29, 1.82) is 0 Å². The van der Waals surface area contributed by atoms with Crippen LogP contribution in [-0.4, -0.2) is 55.3 Å². The van der Waals surface area contributed by atoms with Gasteiger partial charge in [0.15, 0.2) is 5.65 Å². The Bertz CT molecular complexity index is 1410. The maximum atomic E-state index is 11.9. The van der Waals surface area contributed by atoms with Crippen LogP contribution in [0.25, 0.3) is 33.3 Å². The first kappa shape index (κ1) is 20.4. The van der Waals surface area contributed by atoms with Crippen molar-refractivity contribution in [3.8, 4) is 11.4 Å². The molecule has 9 nitrogen and oxygen atoms in total. The number of nitrogen functional groups attached to an aromatic ring is 1. The molecule has 4 aromatic rings. The zero-order chi connectivity index (χ0) is 22.9. The molecule has 0 unspecified atom stereocenters. The number of halogens is 1. The molecular formula is C23H25ClN8O. The van der Waals surface area contributed by atoms with E-state index < -0.39 is 5.91 Å². The SMILES string of the molecule is CN1CCC(n2nc(-c3c(Cl)c4ccc(C(N)=O)cc4n3C3CC3)c3c(N)ncnc32)CC1. The molecule has 1 aromatic carbocycles. The van der Waals surface area contributed by atoms with E-state index in [-0.39, 0.29) is 12.1 Å². The lowest BCUT2D eigenvalue weighted by Crippen LogP contribution is -2.32. The number of hydrogen-bond donors (Lipinski definition) is 2. The highest BCUT2D eigenvalue weighted by Crippen LogP contribution is 2.48. The van der Waals surface area contributed by atoms with E-state index in [9.17, 15) is 4.79 Å². The molecule has 2 aliphatic rings. The predicted molar refractivity (Wildman–Crippen MR) is 128 cm³/mol. The first-order valence-electron chi connectivity index (χ1n) is 11.2. The molecular weight excluding hydrogens is 440 g/mol. The van der Waals surface area contributed by atoms with Crippen molar-refractivity contribution < 1.29 is 4.79 Å². The van der Waals surface area contributed by atoms with Gasteiger partial charge in [-0.2, -0.15) is 5.10 Å². The van der Waals surface area contributed by atoms with Crippen LogP contribution in [0.15, 0.2) is 24.5 Å². The predicted octanol–water partition coefficient (Wildman–Crippen LogP) is 3.38. The summed E-state index contributed by atoms with van der Waals surface area (Å²) in [7, 11) is 2.14. The van der Waals surface area contributed by atoms with Gasteiger partial charge in [-0.3, -0.25) is 4.79 Å². The number of fused-ring (bicyclic) bond motifs is 2. The van der Waals surface area contributed by atoms with Crippen molar-refractivity contribution in [2.24, 2.45) is 5.73 Å². The van der Waals surface area contributed by atoms with Crippen molar-refractivity contribution >= 4 is 45.3 Å². The van der Waals surface area contributed by atoms with Crippen molar-refractivity contribution in [3.63, 3.8) is 0 Å². The average Bonchev–Trinajstić information content (AvgIpc) is 3.51.